The average molecular weight is 1260 g/mol. The molecule has 14 heteroatoms. The second-order valence-corrected chi connectivity index (χ2v) is 32.1. The summed E-state index contributed by atoms with van der Waals surface area (Å²) in [7, 11) is 0. The van der Waals surface area contributed by atoms with Crippen molar-refractivity contribution in [2.75, 3.05) is 132 Å². The van der Waals surface area contributed by atoms with Crippen LogP contribution in [0.2, 0.25) is 0 Å². The summed E-state index contributed by atoms with van der Waals surface area (Å²) in [5.74, 6) is 3.30. The van der Waals surface area contributed by atoms with Crippen LogP contribution in [0.25, 0.3) is 0 Å². The Morgan fingerprint density at radius 1 is 0.220 bits per heavy atom. The van der Waals surface area contributed by atoms with Crippen LogP contribution >= 0.6 is 0 Å². The van der Waals surface area contributed by atoms with Crippen molar-refractivity contribution in [1.82, 2.24) is 0 Å². The quantitative estimate of drug-likeness (QED) is 0.0311. The third kappa shape index (κ3) is 35.1. The minimum Gasteiger partial charge on any atom is -0.491 e. The zero-order chi connectivity index (χ0) is 65.9. The molecule has 0 aliphatic heterocycles. The van der Waals surface area contributed by atoms with E-state index >= 15 is 0 Å². The third-order valence-electron chi connectivity index (χ3n) is 15.5. The number of rotatable bonds is 44. The number of hydrogen-bond acceptors (Lipinski definition) is 12. The molecular formula is C77H128BLiO12. The summed E-state index contributed by atoms with van der Waals surface area (Å²) in [4.78, 5) is 0. The second-order valence-electron chi connectivity index (χ2n) is 32.1. The first-order valence-corrected chi connectivity index (χ1v) is 33.1. The van der Waals surface area contributed by atoms with Gasteiger partial charge in [0, 0.05) is 0 Å². The van der Waals surface area contributed by atoms with Crippen molar-refractivity contribution in [3.63, 3.8) is 0 Å². The standard InChI is InChI=1S/C77H124O12.BH4.Li/c1-69(2,3)53-73(13,14)61-21-29-65(30-22-61)86-49-45-78-37-41-82-57-77(58-83-42-38-79-46-50-87-66-31-23-62(24-32-66)74(15,16)54-70(4,5)6,59-84-43-39-80-47-51-88-67-33-25-63(26-34-67)75(17,18)55-71(7,8)9)60-85-44-40-81-48-52-89-68-35-27-64(28-36-68)76(19,20)56-72(10,11)12;;/h21-36H,37-60H2,1-20H3;1H4;/q;-1;+1. The topological polar surface area (TPSA) is 111 Å². The van der Waals surface area contributed by atoms with Gasteiger partial charge in [-0.1, -0.05) is 195 Å². The van der Waals surface area contributed by atoms with Crippen LogP contribution in [0.5, 0.6) is 23.0 Å². The fourth-order valence-electron chi connectivity index (χ4n) is 12.9. The van der Waals surface area contributed by atoms with E-state index in [2.05, 4.69) is 236 Å². The van der Waals surface area contributed by atoms with E-state index in [0.717, 1.165) is 48.7 Å². The summed E-state index contributed by atoms with van der Waals surface area (Å²) < 4.78 is 73.8. The molecule has 0 fully saturated rings. The van der Waals surface area contributed by atoms with Crippen molar-refractivity contribution < 1.29 is 75.7 Å². The molecule has 0 spiro atoms. The van der Waals surface area contributed by atoms with Gasteiger partial charge in [0.1, 0.15) is 49.4 Å². The predicted octanol–water partition coefficient (Wildman–Crippen LogP) is 12.8. The first kappa shape index (κ1) is 83.5. The summed E-state index contributed by atoms with van der Waals surface area (Å²) in [6.45, 7) is 53.5. The minimum absolute atomic E-state index is 0. The molecule has 512 valence electrons. The van der Waals surface area contributed by atoms with Crippen molar-refractivity contribution in [2.45, 2.75) is 186 Å². The van der Waals surface area contributed by atoms with E-state index in [9.17, 15) is 0 Å². The molecule has 12 nitrogen and oxygen atoms in total. The van der Waals surface area contributed by atoms with E-state index in [1.807, 2.05) is 0 Å². The Balaban J connectivity index is 0.0000141. The van der Waals surface area contributed by atoms with Gasteiger partial charge in [0.2, 0.25) is 0 Å². The molecule has 0 saturated carbocycles. The summed E-state index contributed by atoms with van der Waals surface area (Å²) in [6, 6.07) is 33.8. The van der Waals surface area contributed by atoms with Crippen LogP contribution < -0.4 is 37.8 Å². The molecule has 0 radical (unpaired) electrons. The molecule has 0 heterocycles. The molecular weight excluding hydrogens is 1130 g/mol. The SMILES string of the molecule is CC(C)(C)CC(C)(C)c1ccc(OCCOCCOCC(COCCOCCOc2ccc(C(C)(C)CC(C)(C)C)cc2)(COCCOCCOc2ccc(C(C)(C)CC(C)(C)C)cc2)COCCOCCOc2ccc(C(C)(C)CC(C)(C)C)cc2)cc1.[BH4-].[Li+]. The molecule has 4 aromatic carbocycles. The Kier molecular flexibility index (Phi) is 36.2. The Hall–Kier alpha value is -3.58. The Morgan fingerprint density at radius 2 is 0.374 bits per heavy atom. The van der Waals surface area contributed by atoms with Crippen molar-refractivity contribution in [1.29, 1.82) is 0 Å². The van der Waals surface area contributed by atoms with E-state index < -0.39 is 5.41 Å². The van der Waals surface area contributed by atoms with Gasteiger partial charge in [-0.05, 0) is 140 Å². The Bertz CT molecular complexity index is 2170. The fraction of sp³-hybridized carbons (Fsp3) is 0.688. The normalized spacial score (nSPS) is 13.0. The molecule has 0 N–H and O–H groups in total. The summed E-state index contributed by atoms with van der Waals surface area (Å²) >= 11 is 0. The van der Waals surface area contributed by atoms with Gasteiger partial charge < -0.3 is 56.8 Å². The summed E-state index contributed by atoms with van der Waals surface area (Å²) in [5, 5.41) is 0. The molecule has 0 saturated heterocycles. The fourth-order valence-corrected chi connectivity index (χ4v) is 12.9. The van der Waals surface area contributed by atoms with Crippen LogP contribution in [0, 0.1) is 27.1 Å². The summed E-state index contributed by atoms with van der Waals surface area (Å²) in [5.41, 5.74) is 5.73. The molecule has 4 aromatic rings. The second kappa shape index (κ2) is 39.5. The predicted molar refractivity (Wildman–Crippen MR) is 376 cm³/mol. The number of hydrogen-bond donors (Lipinski definition) is 0. The van der Waals surface area contributed by atoms with Gasteiger partial charge in [-0.3, -0.25) is 0 Å². The van der Waals surface area contributed by atoms with Gasteiger partial charge in [-0.2, -0.15) is 0 Å². The van der Waals surface area contributed by atoms with Gasteiger partial charge in [-0.25, -0.2) is 0 Å². The van der Waals surface area contributed by atoms with Gasteiger partial charge in [0.15, 0.2) is 0 Å². The van der Waals surface area contributed by atoms with Crippen molar-refractivity contribution >= 4 is 8.41 Å². The summed E-state index contributed by atoms with van der Waals surface area (Å²) in [6.07, 6.45) is 4.34. The average Bonchev–Trinajstić information content (AvgIpc) is 1.20. The van der Waals surface area contributed by atoms with Gasteiger partial charge in [-0.15, -0.1) is 0 Å². The molecule has 0 aliphatic rings. The molecule has 0 aromatic heterocycles. The zero-order valence-corrected chi connectivity index (χ0v) is 60.6. The number of benzene rings is 4. The van der Waals surface area contributed by atoms with Crippen LogP contribution in [-0.4, -0.2) is 141 Å². The smallest absolute Gasteiger partial charge is 0.491 e. The Morgan fingerprint density at radius 3 is 0.538 bits per heavy atom. The van der Waals surface area contributed by atoms with Crippen LogP contribution in [0.3, 0.4) is 0 Å². The maximum atomic E-state index is 6.39. The first-order chi connectivity index (χ1) is 41.6. The van der Waals surface area contributed by atoms with Crippen molar-refractivity contribution in [2.24, 2.45) is 27.1 Å². The van der Waals surface area contributed by atoms with E-state index in [4.69, 9.17) is 56.8 Å². The van der Waals surface area contributed by atoms with Crippen LogP contribution in [-0.2, 0) is 59.6 Å². The molecule has 0 bridgehead atoms. The minimum atomic E-state index is -0.680. The van der Waals surface area contributed by atoms with E-state index in [1.54, 1.807) is 0 Å². The van der Waals surface area contributed by atoms with Crippen LogP contribution in [0.15, 0.2) is 97.1 Å². The van der Waals surface area contributed by atoms with Gasteiger partial charge >= 0.3 is 18.9 Å². The van der Waals surface area contributed by atoms with Crippen molar-refractivity contribution in [3.05, 3.63) is 119 Å². The molecule has 0 unspecified atom stereocenters. The van der Waals surface area contributed by atoms with Gasteiger partial charge in [0.25, 0.3) is 0 Å². The van der Waals surface area contributed by atoms with Crippen molar-refractivity contribution in [3.8, 4) is 23.0 Å². The molecule has 4 rings (SSSR count). The van der Waals surface area contributed by atoms with E-state index in [0.29, 0.717) is 132 Å². The molecule has 91 heavy (non-hydrogen) atoms. The van der Waals surface area contributed by atoms with Crippen LogP contribution in [0.4, 0.5) is 0 Å². The van der Waals surface area contributed by atoms with Gasteiger partial charge in [0.05, 0.1) is 111 Å². The van der Waals surface area contributed by atoms with E-state index in [-0.39, 0.29) is 70.6 Å². The molecule has 0 aliphatic carbocycles. The monoisotopic (exact) mass is 1260 g/mol. The first-order valence-electron chi connectivity index (χ1n) is 33.1. The van der Waals surface area contributed by atoms with E-state index in [1.165, 1.54) is 22.3 Å². The van der Waals surface area contributed by atoms with Crippen LogP contribution in [0.1, 0.15) is 186 Å². The largest absolute Gasteiger partial charge is 1.00 e. The molecule has 0 atom stereocenters. The number of ether oxygens (including phenoxy) is 12. The maximum Gasteiger partial charge on any atom is 1.00 e. The third-order valence-corrected chi connectivity index (χ3v) is 15.5. The molecule has 0 amide bonds. The Labute approximate surface area is 568 Å². The maximum absolute atomic E-state index is 6.39. The zero-order valence-electron chi connectivity index (χ0n) is 60.6.